The minimum absolute atomic E-state index is 0.0687. The number of hydrogen-bond donors (Lipinski definition) is 1. The Labute approximate surface area is 169 Å². The van der Waals surface area contributed by atoms with Crippen LogP contribution in [-0.4, -0.2) is 20.6 Å². The molecule has 0 amide bonds. The molecular formula is C22H17F3N2O3. The van der Waals surface area contributed by atoms with Gasteiger partial charge in [0, 0.05) is 22.7 Å². The lowest BCUT2D eigenvalue weighted by atomic mass is 10.1. The van der Waals surface area contributed by atoms with Crippen LogP contribution in [0, 0.1) is 6.92 Å². The van der Waals surface area contributed by atoms with Crippen LogP contribution < -0.4 is 0 Å². The molecule has 0 radical (unpaired) electrons. The van der Waals surface area contributed by atoms with Gasteiger partial charge in [0.15, 0.2) is 0 Å². The molecule has 0 aliphatic rings. The summed E-state index contributed by atoms with van der Waals surface area (Å²) in [6.07, 6.45) is -2.62. The van der Waals surface area contributed by atoms with Gasteiger partial charge < -0.3 is 14.1 Å². The van der Waals surface area contributed by atoms with Crippen molar-refractivity contribution in [3.05, 3.63) is 77.3 Å². The second-order valence-corrected chi connectivity index (χ2v) is 6.97. The molecule has 2 aromatic carbocycles. The number of aryl methyl sites for hydroxylation is 1. The fourth-order valence-corrected chi connectivity index (χ4v) is 3.40. The summed E-state index contributed by atoms with van der Waals surface area (Å²) in [6, 6.07) is 12.0. The van der Waals surface area contributed by atoms with Crippen LogP contribution in [-0.2, 0) is 23.9 Å². The van der Waals surface area contributed by atoms with E-state index in [9.17, 15) is 18.0 Å². The van der Waals surface area contributed by atoms with Gasteiger partial charge in [0.2, 0.25) is 5.89 Å². The Balaban J connectivity index is 1.62. The number of aromatic nitrogens is 2. The number of hydrogen-bond acceptors (Lipinski definition) is 3. The highest BCUT2D eigenvalue weighted by atomic mass is 19.4. The molecule has 2 aromatic heterocycles. The summed E-state index contributed by atoms with van der Waals surface area (Å²) in [4.78, 5) is 15.4. The molecule has 2 heterocycles. The molecule has 5 nitrogen and oxygen atoms in total. The number of fused-ring (bicyclic) bond motifs is 1. The van der Waals surface area contributed by atoms with Crippen molar-refractivity contribution in [3.8, 4) is 11.5 Å². The Hall–Kier alpha value is -3.55. The van der Waals surface area contributed by atoms with E-state index in [0.29, 0.717) is 23.6 Å². The fourth-order valence-electron chi connectivity index (χ4n) is 3.40. The first-order valence-corrected chi connectivity index (χ1v) is 9.15. The molecule has 154 valence electrons. The molecule has 30 heavy (non-hydrogen) atoms. The zero-order valence-electron chi connectivity index (χ0n) is 15.9. The molecule has 4 aromatic rings. The number of rotatable bonds is 5. The van der Waals surface area contributed by atoms with Crippen molar-refractivity contribution >= 4 is 16.9 Å². The van der Waals surface area contributed by atoms with Gasteiger partial charge in [0.1, 0.15) is 5.76 Å². The van der Waals surface area contributed by atoms with E-state index in [2.05, 4.69) is 4.98 Å². The van der Waals surface area contributed by atoms with Crippen LogP contribution in [0.4, 0.5) is 13.2 Å². The maximum atomic E-state index is 12.8. The van der Waals surface area contributed by atoms with Crippen molar-refractivity contribution in [1.29, 1.82) is 0 Å². The van der Waals surface area contributed by atoms with Gasteiger partial charge in [-0.2, -0.15) is 13.2 Å². The number of benzene rings is 2. The van der Waals surface area contributed by atoms with E-state index in [1.165, 1.54) is 12.1 Å². The van der Waals surface area contributed by atoms with Gasteiger partial charge in [-0.3, -0.25) is 4.79 Å². The summed E-state index contributed by atoms with van der Waals surface area (Å²) in [7, 11) is 0. The molecule has 0 saturated carbocycles. The predicted octanol–water partition coefficient (Wildman–Crippen LogP) is 5.30. The quantitative estimate of drug-likeness (QED) is 0.481. The van der Waals surface area contributed by atoms with E-state index in [0.717, 1.165) is 28.6 Å². The van der Waals surface area contributed by atoms with Crippen LogP contribution >= 0.6 is 0 Å². The maximum Gasteiger partial charge on any atom is 0.416 e. The van der Waals surface area contributed by atoms with Gasteiger partial charge in [-0.15, -0.1) is 0 Å². The largest absolute Gasteiger partial charge is 0.481 e. The number of carboxylic acids is 1. The normalized spacial score (nSPS) is 11.9. The third-order valence-electron chi connectivity index (χ3n) is 4.91. The number of oxazole rings is 1. The van der Waals surface area contributed by atoms with Crippen molar-refractivity contribution < 1.29 is 27.5 Å². The van der Waals surface area contributed by atoms with E-state index in [-0.39, 0.29) is 12.3 Å². The molecule has 0 atom stereocenters. The lowest BCUT2D eigenvalue weighted by Crippen LogP contribution is -2.03. The Morgan fingerprint density at radius 2 is 1.87 bits per heavy atom. The van der Waals surface area contributed by atoms with E-state index < -0.39 is 17.7 Å². The predicted molar refractivity (Wildman–Crippen MR) is 104 cm³/mol. The van der Waals surface area contributed by atoms with Crippen LogP contribution in [0.2, 0.25) is 0 Å². The Morgan fingerprint density at radius 3 is 2.53 bits per heavy atom. The van der Waals surface area contributed by atoms with Crippen LogP contribution in [0.1, 0.15) is 22.6 Å². The van der Waals surface area contributed by atoms with Crippen molar-refractivity contribution in [2.45, 2.75) is 26.1 Å². The van der Waals surface area contributed by atoms with Gasteiger partial charge in [0.25, 0.3) is 0 Å². The molecule has 0 spiro atoms. The first-order chi connectivity index (χ1) is 14.2. The number of halogens is 3. The van der Waals surface area contributed by atoms with E-state index >= 15 is 0 Å². The minimum atomic E-state index is -4.40. The van der Waals surface area contributed by atoms with Crippen molar-refractivity contribution in [3.63, 3.8) is 0 Å². The molecular weight excluding hydrogens is 397 g/mol. The lowest BCUT2D eigenvalue weighted by Gasteiger charge is -2.06. The summed E-state index contributed by atoms with van der Waals surface area (Å²) in [5, 5.41) is 9.93. The van der Waals surface area contributed by atoms with Gasteiger partial charge in [-0.05, 0) is 48.9 Å². The summed E-state index contributed by atoms with van der Waals surface area (Å²) in [5.74, 6) is -0.0761. The minimum Gasteiger partial charge on any atom is -0.481 e. The first kappa shape index (κ1) is 19.8. The van der Waals surface area contributed by atoms with Crippen LogP contribution in [0.25, 0.3) is 22.4 Å². The van der Waals surface area contributed by atoms with E-state index in [4.69, 9.17) is 9.52 Å². The summed E-state index contributed by atoms with van der Waals surface area (Å²) in [6.45, 7) is 2.13. The second kappa shape index (κ2) is 7.37. The van der Waals surface area contributed by atoms with Crippen LogP contribution in [0.3, 0.4) is 0 Å². The average Bonchev–Trinajstić information content (AvgIpc) is 3.26. The number of alkyl halides is 3. The van der Waals surface area contributed by atoms with Crippen molar-refractivity contribution in [2.24, 2.45) is 0 Å². The topological polar surface area (TPSA) is 68.3 Å². The number of carbonyl (C=O) groups is 1. The Bertz CT molecular complexity index is 1220. The maximum absolute atomic E-state index is 12.8. The smallest absolute Gasteiger partial charge is 0.416 e. The van der Waals surface area contributed by atoms with E-state index in [1.54, 1.807) is 19.1 Å². The van der Waals surface area contributed by atoms with Gasteiger partial charge in [0.05, 0.1) is 24.2 Å². The molecule has 4 rings (SSSR count). The van der Waals surface area contributed by atoms with Crippen LogP contribution in [0.15, 0.2) is 59.1 Å². The lowest BCUT2D eigenvalue weighted by molar-refractivity contribution is -0.138. The zero-order valence-corrected chi connectivity index (χ0v) is 15.9. The summed E-state index contributed by atoms with van der Waals surface area (Å²) < 4.78 is 46.0. The number of carboxylic acid groups (broad SMARTS) is 1. The second-order valence-electron chi connectivity index (χ2n) is 6.97. The zero-order chi connectivity index (χ0) is 21.5. The van der Waals surface area contributed by atoms with Crippen LogP contribution in [0.5, 0.6) is 0 Å². The summed E-state index contributed by atoms with van der Waals surface area (Å²) in [5.41, 5.74) is 1.94. The standard InChI is InChI=1S/C22H17F3N2O3/c1-13-19(30-21(26-13)14-5-7-16(8-6-14)22(23,24)25)12-27-10-9-17-15(11-20(28)29)3-2-4-18(17)27/h2-10H,11-12H2,1H3,(H,28,29). The molecule has 0 bridgehead atoms. The summed E-state index contributed by atoms with van der Waals surface area (Å²) >= 11 is 0. The molecule has 1 N–H and O–H groups in total. The van der Waals surface area contributed by atoms with Gasteiger partial charge >= 0.3 is 12.1 Å². The van der Waals surface area contributed by atoms with E-state index in [1.807, 2.05) is 22.9 Å². The SMILES string of the molecule is Cc1nc(-c2ccc(C(F)(F)F)cc2)oc1Cn1ccc2c(CC(=O)O)cccc21. The number of aliphatic carboxylic acids is 1. The average molecular weight is 414 g/mol. The monoisotopic (exact) mass is 414 g/mol. The van der Waals surface area contributed by atoms with Gasteiger partial charge in [-0.1, -0.05) is 12.1 Å². The number of nitrogens with zero attached hydrogens (tertiary/aromatic N) is 2. The first-order valence-electron chi connectivity index (χ1n) is 9.15. The van der Waals surface area contributed by atoms with Crippen molar-refractivity contribution in [2.75, 3.05) is 0 Å². The Kier molecular flexibility index (Phi) is 4.85. The highest BCUT2D eigenvalue weighted by Crippen LogP contribution is 2.31. The molecule has 0 aliphatic carbocycles. The molecule has 8 heteroatoms. The van der Waals surface area contributed by atoms with Crippen molar-refractivity contribution in [1.82, 2.24) is 9.55 Å². The van der Waals surface area contributed by atoms with Gasteiger partial charge in [-0.25, -0.2) is 4.98 Å². The molecule has 0 fully saturated rings. The molecule has 0 aliphatic heterocycles. The third kappa shape index (κ3) is 3.80. The highest BCUT2D eigenvalue weighted by molar-refractivity contribution is 5.87. The third-order valence-corrected chi connectivity index (χ3v) is 4.91. The molecule has 0 saturated heterocycles. The molecule has 0 unspecified atom stereocenters. The fraction of sp³-hybridized carbons (Fsp3) is 0.182. The highest BCUT2D eigenvalue weighted by Gasteiger charge is 2.30. The Morgan fingerprint density at radius 1 is 1.13 bits per heavy atom.